The molecular formula is C18H22F2N4OSi. The predicted molar refractivity (Wildman–Crippen MR) is 96.9 cm³/mol. The molecule has 5 nitrogen and oxygen atoms in total. The molecule has 0 bridgehead atoms. The van der Waals surface area contributed by atoms with E-state index >= 15 is 0 Å². The minimum absolute atomic E-state index is 0.323. The van der Waals surface area contributed by atoms with Crippen LogP contribution in [0.2, 0.25) is 19.6 Å². The van der Waals surface area contributed by atoms with Crippen molar-refractivity contribution < 1.29 is 13.2 Å². The molecule has 1 aromatic carbocycles. The maximum atomic E-state index is 14.8. The first-order chi connectivity index (χ1) is 12.3. The normalized spacial score (nSPS) is 12.5. The van der Waals surface area contributed by atoms with E-state index in [2.05, 4.69) is 9.97 Å². The molecule has 138 valence electrons. The van der Waals surface area contributed by atoms with E-state index in [0.717, 1.165) is 6.07 Å². The molecule has 0 amide bonds. The van der Waals surface area contributed by atoms with Gasteiger partial charge < -0.3 is 13.6 Å². The second-order valence-electron chi connectivity index (χ2n) is 7.30. The molecule has 0 aliphatic rings. The van der Waals surface area contributed by atoms with Crippen LogP contribution in [0.25, 0.3) is 0 Å². The van der Waals surface area contributed by atoms with Gasteiger partial charge in [0.1, 0.15) is 17.2 Å². The van der Waals surface area contributed by atoms with Crippen LogP contribution in [-0.4, -0.2) is 27.4 Å². The number of halogens is 2. The maximum absolute atomic E-state index is 14.8. The molecule has 0 N–H and O–H groups in total. The molecule has 2 aromatic heterocycles. The Morgan fingerprint density at radius 1 is 1.00 bits per heavy atom. The van der Waals surface area contributed by atoms with Crippen molar-refractivity contribution in [1.82, 2.24) is 19.1 Å². The summed E-state index contributed by atoms with van der Waals surface area (Å²) in [6.45, 7) is 6.83. The molecule has 3 aromatic rings. The summed E-state index contributed by atoms with van der Waals surface area (Å²) in [5.74, 6) is -1.23. The van der Waals surface area contributed by atoms with Crippen LogP contribution in [-0.2, 0) is 23.1 Å². The molecule has 0 radical (unpaired) electrons. The lowest BCUT2D eigenvalue weighted by Crippen LogP contribution is -2.46. The van der Waals surface area contributed by atoms with Gasteiger partial charge in [-0.15, -0.1) is 0 Å². The van der Waals surface area contributed by atoms with Gasteiger partial charge in [-0.1, -0.05) is 6.07 Å². The van der Waals surface area contributed by atoms with E-state index in [4.69, 9.17) is 4.43 Å². The molecule has 0 unspecified atom stereocenters. The lowest BCUT2D eigenvalue weighted by Gasteiger charge is -2.40. The van der Waals surface area contributed by atoms with Crippen molar-refractivity contribution in [3.05, 3.63) is 72.8 Å². The third-order valence-corrected chi connectivity index (χ3v) is 4.92. The highest BCUT2D eigenvalue weighted by Gasteiger charge is 2.40. The number of hydrogen-bond acceptors (Lipinski definition) is 3. The first-order valence-electron chi connectivity index (χ1n) is 8.35. The standard InChI is InChI=1S/C18H22F2N4OSi/c1-26(2,3)25-18(11-23-8-6-21-13-23,12-24-9-7-22-14-24)16-5-4-15(19)10-17(16)20/h4-10,13-14H,11-12H2,1-3H3. The summed E-state index contributed by atoms with van der Waals surface area (Å²) in [4.78, 5) is 8.15. The van der Waals surface area contributed by atoms with E-state index in [1.54, 1.807) is 37.4 Å². The Balaban J connectivity index is 2.14. The predicted octanol–water partition coefficient (Wildman–Crippen LogP) is 3.81. The minimum atomic E-state index is -2.11. The van der Waals surface area contributed by atoms with E-state index in [1.807, 2.05) is 28.8 Å². The van der Waals surface area contributed by atoms with Crippen molar-refractivity contribution in [1.29, 1.82) is 0 Å². The fraction of sp³-hybridized carbons (Fsp3) is 0.333. The number of benzene rings is 1. The maximum Gasteiger partial charge on any atom is 0.185 e. The minimum Gasteiger partial charge on any atom is -0.404 e. The molecule has 8 heteroatoms. The van der Waals surface area contributed by atoms with Crippen LogP contribution in [0.3, 0.4) is 0 Å². The summed E-state index contributed by atoms with van der Waals surface area (Å²) in [5.41, 5.74) is -0.701. The Bertz CT molecular complexity index is 808. The number of imidazole rings is 2. The monoisotopic (exact) mass is 376 g/mol. The average molecular weight is 376 g/mol. The van der Waals surface area contributed by atoms with E-state index in [-0.39, 0.29) is 0 Å². The van der Waals surface area contributed by atoms with Crippen molar-refractivity contribution in [3.8, 4) is 0 Å². The summed E-state index contributed by atoms with van der Waals surface area (Å²) in [5, 5.41) is 0. The van der Waals surface area contributed by atoms with Crippen LogP contribution in [0.4, 0.5) is 8.78 Å². The fourth-order valence-corrected chi connectivity index (χ4v) is 4.55. The number of aromatic nitrogens is 4. The van der Waals surface area contributed by atoms with Gasteiger partial charge in [-0.3, -0.25) is 0 Å². The first-order valence-corrected chi connectivity index (χ1v) is 11.8. The highest BCUT2D eigenvalue weighted by atomic mass is 28.4. The number of rotatable bonds is 7. The van der Waals surface area contributed by atoms with E-state index in [0.29, 0.717) is 18.7 Å². The van der Waals surface area contributed by atoms with Crippen LogP contribution >= 0.6 is 0 Å². The zero-order chi connectivity index (χ0) is 18.8. The van der Waals surface area contributed by atoms with Crippen molar-refractivity contribution in [2.45, 2.75) is 38.3 Å². The Labute approximate surface area is 152 Å². The SMILES string of the molecule is C[Si](C)(C)OC(Cn1ccnc1)(Cn1ccnc1)c1ccc(F)cc1F. The van der Waals surface area contributed by atoms with E-state index in [9.17, 15) is 8.78 Å². The van der Waals surface area contributed by atoms with Gasteiger partial charge in [-0.05, 0) is 25.7 Å². The van der Waals surface area contributed by atoms with Gasteiger partial charge >= 0.3 is 0 Å². The molecule has 0 aliphatic heterocycles. The van der Waals surface area contributed by atoms with Gasteiger partial charge in [0.05, 0.1) is 25.7 Å². The first kappa shape index (κ1) is 18.5. The van der Waals surface area contributed by atoms with Gasteiger partial charge in [-0.2, -0.15) is 0 Å². The third-order valence-electron chi connectivity index (χ3n) is 3.92. The molecule has 3 rings (SSSR count). The van der Waals surface area contributed by atoms with Gasteiger partial charge in [0, 0.05) is 36.4 Å². The average Bonchev–Trinajstić information content (AvgIpc) is 3.19. The summed E-state index contributed by atoms with van der Waals surface area (Å²) in [6.07, 6.45) is 10.3. The van der Waals surface area contributed by atoms with Crippen LogP contribution in [0.5, 0.6) is 0 Å². The Hall–Kier alpha value is -2.32. The molecule has 0 atom stereocenters. The van der Waals surface area contributed by atoms with E-state index in [1.165, 1.54) is 12.1 Å². The highest BCUT2D eigenvalue weighted by molar-refractivity contribution is 6.69. The van der Waals surface area contributed by atoms with Crippen LogP contribution in [0.1, 0.15) is 5.56 Å². The highest BCUT2D eigenvalue weighted by Crippen LogP contribution is 2.35. The molecule has 0 aliphatic carbocycles. The number of nitrogens with zero attached hydrogens (tertiary/aromatic N) is 4. The van der Waals surface area contributed by atoms with Crippen LogP contribution < -0.4 is 0 Å². The molecule has 0 spiro atoms. The van der Waals surface area contributed by atoms with Gasteiger partial charge in [-0.25, -0.2) is 18.7 Å². The van der Waals surface area contributed by atoms with Crippen molar-refractivity contribution in [2.75, 3.05) is 0 Å². The topological polar surface area (TPSA) is 44.9 Å². The van der Waals surface area contributed by atoms with E-state index < -0.39 is 25.6 Å². The van der Waals surface area contributed by atoms with Crippen LogP contribution in [0, 0.1) is 11.6 Å². The lowest BCUT2D eigenvalue weighted by atomic mass is 9.92. The van der Waals surface area contributed by atoms with Crippen molar-refractivity contribution in [2.24, 2.45) is 0 Å². The second kappa shape index (κ2) is 7.12. The molecule has 0 saturated heterocycles. The molecular weight excluding hydrogens is 354 g/mol. The summed E-state index contributed by atoms with van der Waals surface area (Å²) >= 11 is 0. The second-order valence-corrected chi connectivity index (χ2v) is 11.7. The molecule has 0 fully saturated rings. The van der Waals surface area contributed by atoms with Gasteiger partial charge in [0.15, 0.2) is 8.32 Å². The quantitative estimate of drug-likeness (QED) is 0.589. The summed E-state index contributed by atoms with van der Waals surface area (Å²) in [6, 6.07) is 3.64. The van der Waals surface area contributed by atoms with Crippen LogP contribution in [0.15, 0.2) is 55.6 Å². The van der Waals surface area contributed by atoms with Crippen molar-refractivity contribution in [3.63, 3.8) is 0 Å². The lowest BCUT2D eigenvalue weighted by molar-refractivity contribution is 0.0170. The van der Waals surface area contributed by atoms with Crippen molar-refractivity contribution >= 4 is 8.32 Å². The fourth-order valence-electron chi connectivity index (χ4n) is 3.14. The largest absolute Gasteiger partial charge is 0.404 e. The third kappa shape index (κ3) is 4.25. The molecule has 0 saturated carbocycles. The Morgan fingerprint density at radius 3 is 2.00 bits per heavy atom. The Morgan fingerprint density at radius 2 is 1.58 bits per heavy atom. The molecule has 2 heterocycles. The molecule has 26 heavy (non-hydrogen) atoms. The number of hydrogen-bond donors (Lipinski definition) is 0. The van der Waals surface area contributed by atoms with Gasteiger partial charge in [0.2, 0.25) is 0 Å². The van der Waals surface area contributed by atoms with Gasteiger partial charge in [0.25, 0.3) is 0 Å². The smallest absolute Gasteiger partial charge is 0.185 e. The zero-order valence-electron chi connectivity index (χ0n) is 15.1. The summed E-state index contributed by atoms with van der Waals surface area (Å²) in [7, 11) is -2.11. The Kier molecular flexibility index (Phi) is 5.06. The summed E-state index contributed by atoms with van der Waals surface area (Å²) < 4.78 is 38.6. The zero-order valence-corrected chi connectivity index (χ0v) is 16.1.